The number of aromatic nitrogens is 3. The predicted molar refractivity (Wildman–Crippen MR) is 85.7 cm³/mol. The van der Waals surface area contributed by atoms with Crippen molar-refractivity contribution in [1.29, 1.82) is 0 Å². The van der Waals surface area contributed by atoms with Crippen molar-refractivity contribution < 1.29 is 4.79 Å². The molecule has 0 spiro atoms. The highest BCUT2D eigenvalue weighted by atomic mass is 32.2. The van der Waals surface area contributed by atoms with Crippen molar-refractivity contribution in [2.45, 2.75) is 38.9 Å². The van der Waals surface area contributed by atoms with Gasteiger partial charge in [0.1, 0.15) is 6.33 Å². The van der Waals surface area contributed by atoms with Crippen molar-refractivity contribution in [2.75, 3.05) is 11.1 Å². The molecule has 21 heavy (non-hydrogen) atoms. The van der Waals surface area contributed by atoms with Crippen LogP contribution in [-0.2, 0) is 4.79 Å². The molecule has 6 heteroatoms. The van der Waals surface area contributed by atoms with Gasteiger partial charge >= 0.3 is 0 Å². The van der Waals surface area contributed by atoms with Gasteiger partial charge in [0.25, 0.3) is 0 Å². The third-order valence-electron chi connectivity index (χ3n) is 3.22. The Morgan fingerprint density at radius 3 is 2.76 bits per heavy atom. The molecular formula is C15H20N4OS. The fourth-order valence-electron chi connectivity index (χ4n) is 1.84. The van der Waals surface area contributed by atoms with E-state index < -0.39 is 0 Å². The van der Waals surface area contributed by atoms with Gasteiger partial charge in [0, 0.05) is 11.7 Å². The van der Waals surface area contributed by atoms with E-state index in [2.05, 4.69) is 36.3 Å². The number of rotatable bonds is 5. The van der Waals surface area contributed by atoms with E-state index in [1.165, 1.54) is 22.9 Å². The maximum Gasteiger partial charge on any atom is 0.234 e. The minimum Gasteiger partial charge on any atom is -0.325 e. The van der Waals surface area contributed by atoms with E-state index in [9.17, 15) is 4.79 Å². The van der Waals surface area contributed by atoms with Gasteiger partial charge in [0.2, 0.25) is 5.91 Å². The average molecular weight is 304 g/mol. The third kappa shape index (κ3) is 4.07. The molecule has 5 nitrogen and oxygen atoms in total. The molecular weight excluding hydrogens is 284 g/mol. The van der Waals surface area contributed by atoms with Gasteiger partial charge in [-0.15, -0.1) is 10.2 Å². The zero-order valence-electron chi connectivity index (χ0n) is 12.8. The van der Waals surface area contributed by atoms with E-state index >= 15 is 0 Å². The summed E-state index contributed by atoms with van der Waals surface area (Å²) in [6.45, 7) is 8.20. The number of benzene rings is 1. The van der Waals surface area contributed by atoms with Crippen molar-refractivity contribution in [3.8, 4) is 0 Å². The van der Waals surface area contributed by atoms with Gasteiger partial charge in [0.05, 0.1) is 5.75 Å². The van der Waals surface area contributed by atoms with Gasteiger partial charge < -0.3 is 9.88 Å². The van der Waals surface area contributed by atoms with Crippen molar-refractivity contribution in [3.63, 3.8) is 0 Å². The summed E-state index contributed by atoms with van der Waals surface area (Å²) in [5, 5.41) is 11.6. The van der Waals surface area contributed by atoms with Crippen LogP contribution < -0.4 is 5.32 Å². The molecule has 2 rings (SSSR count). The number of thioether (sulfide) groups is 1. The fraction of sp³-hybridized carbons (Fsp3) is 0.400. The molecule has 0 aliphatic heterocycles. The molecule has 2 aromatic rings. The summed E-state index contributed by atoms with van der Waals surface area (Å²) >= 11 is 1.39. The monoisotopic (exact) mass is 304 g/mol. The van der Waals surface area contributed by atoms with Crippen LogP contribution in [0, 0.1) is 13.8 Å². The van der Waals surface area contributed by atoms with Gasteiger partial charge in [-0.25, -0.2) is 0 Å². The van der Waals surface area contributed by atoms with E-state index in [0.717, 1.165) is 10.8 Å². The number of nitrogens with one attached hydrogen (secondary N) is 1. The van der Waals surface area contributed by atoms with Gasteiger partial charge in [0.15, 0.2) is 5.16 Å². The van der Waals surface area contributed by atoms with Gasteiger partial charge in [-0.05, 0) is 51.0 Å². The second-order valence-electron chi connectivity index (χ2n) is 5.25. The molecule has 0 bridgehead atoms. The van der Waals surface area contributed by atoms with Crippen LogP contribution in [0.15, 0.2) is 29.7 Å². The van der Waals surface area contributed by atoms with Crippen LogP contribution in [0.1, 0.15) is 31.0 Å². The SMILES string of the molecule is Cc1ccc(NC(=O)CSc2nncn2C(C)C)cc1C. The van der Waals surface area contributed by atoms with E-state index in [4.69, 9.17) is 0 Å². The average Bonchev–Trinajstić information content (AvgIpc) is 2.89. The molecule has 1 aromatic carbocycles. The molecule has 0 atom stereocenters. The maximum atomic E-state index is 12.0. The quantitative estimate of drug-likeness (QED) is 0.862. The second kappa shape index (κ2) is 6.76. The number of hydrogen-bond donors (Lipinski definition) is 1. The fourth-order valence-corrected chi connectivity index (χ4v) is 2.68. The molecule has 0 saturated heterocycles. The first-order valence-electron chi connectivity index (χ1n) is 6.87. The smallest absolute Gasteiger partial charge is 0.234 e. The molecule has 0 aliphatic carbocycles. The molecule has 0 radical (unpaired) electrons. The third-order valence-corrected chi connectivity index (χ3v) is 4.18. The molecule has 112 valence electrons. The Hall–Kier alpha value is -1.82. The van der Waals surface area contributed by atoms with Crippen LogP contribution in [0.4, 0.5) is 5.69 Å². The molecule has 1 heterocycles. The summed E-state index contributed by atoms with van der Waals surface area (Å²) in [6, 6.07) is 6.19. The normalized spacial score (nSPS) is 10.9. The lowest BCUT2D eigenvalue weighted by Gasteiger charge is -2.10. The number of anilines is 1. The lowest BCUT2D eigenvalue weighted by atomic mass is 10.1. The van der Waals surface area contributed by atoms with Crippen LogP contribution in [0.2, 0.25) is 0 Å². The molecule has 0 fully saturated rings. The molecule has 0 unspecified atom stereocenters. The molecule has 0 saturated carbocycles. The van der Waals surface area contributed by atoms with E-state index in [0.29, 0.717) is 5.75 Å². The van der Waals surface area contributed by atoms with E-state index in [1.54, 1.807) is 6.33 Å². The van der Waals surface area contributed by atoms with Gasteiger partial charge in [-0.1, -0.05) is 17.8 Å². The van der Waals surface area contributed by atoms with Crippen molar-refractivity contribution in [2.24, 2.45) is 0 Å². The predicted octanol–water partition coefficient (Wildman–Crippen LogP) is 3.21. The first-order chi connectivity index (χ1) is 9.97. The van der Waals surface area contributed by atoms with Gasteiger partial charge in [-0.3, -0.25) is 4.79 Å². The highest BCUT2D eigenvalue weighted by Gasteiger charge is 2.11. The standard InChI is InChI=1S/C15H20N4OS/c1-10(2)19-9-16-18-15(19)21-8-14(20)17-13-6-5-11(3)12(4)7-13/h5-7,9-10H,8H2,1-4H3,(H,17,20). The van der Waals surface area contributed by atoms with Crippen molar-refractivity contribution >= 4 is 23.4 Å². The summed E-state index contributed by atoms with van der Waals surface area (Å²) in [7, 11) is 0. The van der Waals surface area contributed by atoms with E-state index in [-0.39, 0.29) is 11.9 Å². The summed E-state index contributed by atoms with van der Waals surface area (Å²) < 4.78 is 1.95. The number of hydrogen-bond acceptors (Lipinski definition) is 4. The highest BCUT2D eigenvalue weighted by Crippen LogP contribution is 2.19. The zero-order valence-corrected chi connectivity index (χ0v) is 13.6. The Bertz CT molecular complexity index is 636. The number of nitrogens with zero attached hydrogens (tertiary/aromatic N) is 3. The number of amides is 1. The topological polar surface area (TPSA) is 59.8 Å². The minimum absolute atomic E-state index is 0.0402. The number of carbonyl (C=O) groups excluding carboxylic acids is 1. The summed E-state index contributed by atoms with van der Waals surface area (Å²) in [4.78, 5) is 12.0. The largest absolute Gasteiger partial charge is 0.325 e. The maximum absolute atomic E-state index is 12.0. The van der Waals surface area contributed by atoms with Crippen LogP contribution in [0.3, 0.4) is 0 Å². The Morgan fingerprint density at radius 2 is 2.10 bits per heavy atom. The number of aryl methyl sites for hydroxylation is 2. The summed E-state index contributed by atoms with van der Waals surface area (Å²) in [6.07, 6.45) is 1.69. The lowest BCUT2D eigenvalue weighted by molar-refractivity contribution is -0.113. The Morgan fingerprint density at radius 1 is 1.33 bits per heavy atom. The Labute approximate surface area is 129 Å². The van der Waals surface area contributed by atoms with Crippen LogP contribution in [-0.4, -0.2) is 26.4 Å². The van der Waals surface area contributed by atoms with Crippen LogP contribution in [0.25, 0.3) is 0 Å². The van der Waals surface area contributed by atoms with Crippen LogP contribution in [0.5, 0.6) is 0 Å². The van der Waals surface area contributed by atoms with Crippen molar-refractivity contribution in [1.82, 2.24) is 14.8 Å². The highest BCUT2D eigenvalue weighted by molar-refractivity contribution is 7.99. The lowest BCUT2D eigenvalue weighted by Crippen LogP contribution is -2.15. The second-order valence-corrected chi connectivity index (χ2v) is 6.19. The first-order valence-corrected chi connectivity index (χ1v) is 7.85. The van der Waals surface area contributed by atoms with E-state index in [1.807, 2.05) is 29.7 Å². The van der Waals surface area contributed by atoms with Gasteiger partial charge in [-0.2, -0.15) is 0 Å². The zero-order chi connectivity index (χ0) is 15.4. The van der Waals surface area contributed by atoms with Crippen LogP contribution >= 0.6 is 11.8 Å². The Kier molecular flexibility index (Phi) is 5.01. The molecule has 0 aliphatic rings. The molecule has 1 N–H and O–H groups in total. The molecule has 1 amide bonds. The van der Waals surface area contributed by atoms with Crippen molar-refractivity contribution in [3.05, 3.63) is 35.7 Å². The molecule has 1 aromatic heterocycles. The summed E-state index contributed by atoms with van der Waals surface area (Å²) in [5.41, 5.74) is 3.21. The summed E-state index contributed by atoms with van der Waals surface area (Å²) in [5.74, 6) is 0.278. The Balaban J connectivity index is 1.93. The first kappa shape index (κ1) is 15.6. The minimum atomic E-state index is -0.0402. The number of carbonyl (C=O) groups is 1.